The third-order valence-corrected chi connectivity index (χ3v) is 6.18. The first-order chi connectivity index (χ1) is 17.4. The Morgan fingerprint density at radius 3 is 2.31 bits per heavy atom. The Kier molecular flexibility index (Phi) is 7.97. The zero-order chi connectivity index (χ0) is 25.5. The zero-order valence-corrected chi connectivity index (χ0v) is 20.3. The summed E-state index contributed by atoms with van der Waals surface area (Å²) in [6.07, 6.45) is 0. The number of nitrogens with zero attached hydrogens (tertiary/aromatic N) is 2. The van der Waals surface area contributed by atoms with E-state index in [1.54, 1.807) is 42.5 Å². The van der Waals surface area contributed by atoms with Crippen molar-refractivity contribution in [2.24, 2.45) is 5.73 Å². The van der Waals surface area contributed by atoms with E-state index in [1.165, 1.54) is 0 Å². The third-order valence-electron chi connectivity index (χ3n) is 6.18. The summed E-state index contributed by atoms with van der Waals surface area (Å²) in [6.45, 7) is 3.75. The van der Waals surface area contributed by atoms with E-state index >= 15 is 0 Å². The largest absolute Gasteiger partial charge is 0.488 e. The van der Waals surface area contributed by atoms with Gasteiger partial charge in [-0.2, -0.15) is 0 Å². The summed E-state index contributed by atoms with van der Waals surface area (Å²) in [7, 11) is 2.06. The lowest BCUT2D eigenvalue weighted by atomic mass is 10.1. The molecule has 1 aliphatic rings. The van der Waals surface area contributed by atoms with Crippen LogP contribution in [0, 0.1) is 0 Å². The van der Waals surface area contributed by atoms with Crippen LogP contribution in [0.5, 0.6) is 5.75 Å². The maximum absolute atomic E-state index is 12.7. The quantitative estimate of drug-likeness (QED) is 0.509. The molecule has 8 nitrogen and oxygen atoms in total. The van der Waals surface area contributed by atoms with E-state index in [2.05, 4.69) is 17.3 Å². The molecule has 0 aliphatic carbocycles. The molecule has 0 aromatic heterocycles. The van der Waals surface area contributed by atoms with Crippen LogP contribution in [-0.4, -0.2) is 60.7 Å². The number of piperazine rings is 1. The molecule has 1 fully saturated rings. The van der Waals surface area contributed by atoms with Crippen LogP contribution >= 0.6 is 0 Å². The minimum atomic E-state index is -0.560. The molecular weight excluding hydrogens is 456 g/mol. The highest BCUT2D eigenvalue weighted by atomic mass is 16.5. The van der Waals surface area contributed by atoms with E-state index in [4.69, 9.17) is 10.5 Å². The Morgan fingerprint density at radius 1 is 0.861 bits per heavy atom. The van der Waals surface area contributed by atoms with Gasteiger partial charge in [-0.25, -0.2) is 0 Å². The van der Waals surface area contributed by atoms with Gasteiger partial charge < -0.3 is 25.6 Å². The molecule has 3 aromatic rings. The maximum Gasteiger partial charge on any atom is 0.253 e. The molecule has 0 unspecified atom stereocenters. The first-order valence-corrected chi connectivity index (χ1v) is 11.9. The monoisotopic (exact) mass is 486 g/mol. The fraction of sp³-hybridized carbons (Fsp3) is 0.250. The van der Waals surface area contributed by atoms with Crippen molar-refractivity contribution in [3.8, 4) is 5.75 Å². The maximum atomic E-state index is 12.7. The van der Waals surface area contributed by atoms with E-state index < -0.39 is 5.91 Å². The number of amides is 3. The van der Waals surface area contributed by atoms with Gasteiger partial charge in [-0.05, 0) is 54.6 Å². The van der Waals surface area contributed by atoms with Crippen LogP contribution in [0.15, 0.2) is 72.8 Å². The fourth-order valence-electron chi connectivity index (χ4n) is 4.00. The summed E-state index contributed by atoms with van der Waals surface area (Å²) >= 11 is 0. The minimum Gasteiger partial charge on any atom is -0.488 e. The van der Waals surface area contributed by atoms with E-state index in [9.17, 15) is 14.4 Å². The lowest BCUT2D eigenvalue weighted by molar-refractivity contribution is 0.0663. The number of likely N-dealkylation sites (N-methyl/N-ethyl adjacent to an activating group) is 1. The average Bonchev–Trinajstić information content (AvgIpc) is 2.91. The van der Waals surface area contributed by atoms with Gasteiger partial charge in [0, 0.05) is 43.9 Å². The van der Waals surface area contributed by atoms with Crippen LogP contribution in [-0.2, 0) is 13.2 Å². The second-order valence-corrected chi connectivity index (χ2v) is 8.82. The third kappa shape index (κ3) is 6.28. The zero-order valence-electron chi connectivity index (χ0n) is 20.3. The highest BCUT2D eigenvalue weighted by Gasteiger charge is 2.20. The predicted octanol–water partition coefficient (Wildman–Crippen LogP) is 2.68. The number of hydrogen-bond acceptors (Lipinski definition) is 5. The average molecular weight is 487 g/mol. The number of ether oxygens (including phenoxy) is 1. The summed E-state index contributed by atoms with van der Waals surface area (Å²) in [6, 6.07) is 21.2. The van der Waals surface area contributed by atoms with Crippen LogP contribution in [0.2, 0.25) is 0 Å². The van der Waals surface area contributed by atoms with Crippen molar-refractivity contribution in [1.82, 2.24) is 15.1 Å². The summed E-state index contributed by atoms with van der Waals surface area (Å²) in [4.78, 5) is 41.1. The van der Waals surface area contributed by atoms with E-state index in [1.807, 2.05) is 35.2 Å². The van der Waals surface area contributed by atoms with Crippen molar-refractivity contribution in [2.45, 2.75) is 13.2 Å². The molecule has 0 bridgehead atoms. The van der Waals surface area contributed by atoms with Crippen LogP contribution in [0.4, 0.5) is 0 Å². The molecule has 3 amide bonds. The van der Waals surface area contributed by atoms with Gasteiger partial charge in [0.1, 0.15) is 12.4 Å². The Balaban J connectivity index is 1.31. The van der Waals surface area contributed by atoms with Crippen molar-refractivity contribution in [3.63, 3.8) is 0 Å². The number of rotatable bonds is 8. The van der Waals surface area contributed by atoms with Gasteiger partial charge in [-0.15, -0.1) is 0 Å². The van der Waals surface area contributed by atoms with E-state index in [0.717, 1.165) is 37.3 Å². The van der Waals surface area contributed by atoms with Crippen LogP contribution < -0.4 is 15.8 Å². The molecule has 0 atom stereocenters. The number of nitrogens with one attached hydrogen (secondary N) is 1. The number of primary amides is 1. The van der Waals surface area contributed by atoms with Crippen molar-refractivity contribution < 1.29 is 19.1 Å². The highest BCUT2D eigenvalue weighted by molar-refractivity contribution is 5.96. The van der Waals surface area contributed by atoms with Crippen LogP contribution in [0.3, 0.4) is 0 Å². The molecule has 3 aromatic carbocycles. The van der Waals surface area contributed by atoms with E-state index in [0.29, 0.717) is 29.0 Å². The van der Waals surface area contributed by atoms with Crippen molar-refractivity contribution >= 4 is 17.7 Å². The second kappa shape index (κ2) is 11.5. The molecule has 0 spiro atoms. The van der Waals surface area contributed by atoms with Crippen LogP contribution in [0.25, 0.3) is 0 Å². The number of carbonyl (C=O) groups excluding carboxylic acids is 3. The topological polar surface area (TPSA) is 105 Å². The minimum absolute atomic E-state index is 0.0381. The van der Waals surface area contributed by atoms with Gasteiger partial charge in [0.05, 0.1) is 5.56 Å². The Labute approximate surface area is 210 Å². The number of benzene rings is 3. The number of carbonyl (C=O) groups is 3. The lowest BCUT2D eigenvalue weighted by Gasteiger charge is -2.32. The lowest BCUT2D eigenvalue weighted by Crippen LogP contribution is -2.47. The van der Waals surface area contributed by atoms with Crippen molar-refractivity contribution in [1.29, 1.82) is 0 Å². The highest BCUT2D eigenvalue weighted by Crippen LogP contribution is 2.19. The molecule has 186 valence electrons. The van der Waals surface area contributed by atoms with E-state index in [-0.39, 0.29) is 18.4 Å². The van der Waals surface area contributed by atoms with Gasteiger partial charge >= 0.3 is 0 Å². The SMILES string of the molecule is CN1CCN(C(=O)c2ccc(CNC(=O)c3cccc(COc4ccccc4C(N)=O)c3)cc2)CC1. The van der Waals surface area contributed by atoms with Gasteiger partial charge in [0.25, 0.3) is 17.7 Å². The first kappa shape index (κ1) is 24.9. The van der Waals surface area contributed by atoms with Gasteiger partial charge in [0.15, 0.2) is 0 Å². The van der Waals surface area contributed by atoms with Crippen molar-refractivity contribution in [2.75, 3.05) is 33.2 Å². The molecule has 1 aliphatic heterocycles. The van der Waals surface area contributed by atoms with Gasteiger partial charge in [0.2, 0.25) is 0 Å². The summed E-state index contributed by atoms with van der Waals surface area (Å²) in [5.74, 6) is -0.340. The van der Waals surface area contributed by atoms with Crippen LogP contribution in [0.1, 0.15) is 42.2 Å². The molecule has 4 rings (SSSR count). The number of hydrogen-bond donors (Lipinski definition) is 2. The van der Waals surface area contributed by atoms with Gasteiger partial charge in [-0.1, -0.05) is 36.4 Å². The molecule has 0 saturated carbocycles. The molecule has 8 heteroatoms. The summed E-state index contributed by atoms with van der Waals surface area (Å²) in [5, 5.41) is 2.92. The normalized spacial score (nSPS) is 13.8. The molecule has 36 heavy (non-hydrogen) atoms. The second-order valence-electron chi connectivity index (χ2n) is 8.82. The molecule has 1 saturated heterocycles. The summed E-state index contributed by atoms with van der Waals surface area (Å²) in [5.41, 5.74) is 8.55. The fourth-order valence-corrected chi connectivity index (χ4v) is 4.00. The van der Waals surface area contributed by atoms with Gasteiger partial charge in [-0.3, -0.25) is 14.4 Å². The Morgan fingerprint density at radius 2 is 1.58 bits per heavy atom. The molecule has 1 heterocycles. The predicted molar refractivity (Wildman–Crippen MR) is 137 cm³/mol. The molecular formula is C28H30N4O4. The number of para-hydroxylation sites is 1. The Bertz CT molecular complexity index is 1230. The standard InChI is InChI=1S/C28H30N4O4/c1-31-13-15-32(16-14-31)28(35)22-11-9-20(10-12-22)18-30-27(34)23-6-4-5-21(17-23)19-36-25-8-3-2-7-24(25)26(29)33/h2-12,17H,13-16,18-19H2,1H3,(H2,29,33)(H,30,34). The smallest absolute Gasteiger partial charge is 0.253 e. The first-order valence-electron chi connectivity index (χ1n) is 11.9. The number of nitrogens with two attached hydrogens (primary N) is 1. The Hall–Kier alpha value is -4.17. The molecule has 3 N–H and O–H groups in total. The molecule has 0 radical (unpaired) electrons. The summed E-state index contributed by atoms with van der Waals surface area (Å²) < 4.78 is 5.76. The van der Waals surface area contributed by atoms with Crippen molar-refractivity contribution in [3.05, 3.63) is 101 Å².